The molecule has 3 unspecified atom stereocenters. The number of nitrogens with zero attached hydrogens (tertiary/aromatic N) is 2. The number of hydrogen-bond donors (Lipinski definition) is 1. The lowest BCUT2D eigenvalue weighted by molar-refractivity contribution is 0.0412. The van der Waals surface area contributed by atoms with Crippen LogP contribution in [0.5, 0.6) is 0 Å². The molecular weight excluding hydrogens is 238 g/mol. The second kappa shape index (κ2) is 6.69. The summed E-state index contributed by atoms with van der Waals surface area (Å²) in [6, 6.07) is 2.33. The van der Waals surface area contributed by atoms with Gasteiger partial charge < -0.3 is 15.4 Å². The molecular formula is C15H27N3O. The van der Waals surface area contributed by atoms with Crippen LogP contribution in [0.2, 0.25) is 0 Å². The molecule has 4 heteroatoms. The molecule has 1 aliphatic heterocycles. The molecule has 2 rings (SSSR count). The van der Waals surface area contributed by atoms with Crippen molar-refractivity contribution in [3.8, 4) is 6.07 Å². The first-order valence-corrected chi connectivity index (χ1v) is 7.60. The van der Waals surface area contributed by atoms with Gasteiger partial charge in [0.05, 0.1) is 12.7 Å². The molecule has 0 aromatic rings. The lowest BCUT2D eigenvalue weighted by Crippen LogP contribution is -2.43. The Kier molecular flexibility index (Phi) is 5.20. The van der Waals surface area contributed by atoms with Crippen molar-refractivity contribution in [3.63, 3.8) is 0 Å². The fourth-order valence-corrected chi connectivity index (χ4v) is 3.51. The summed E-state index contributed by atoms with van der Waals surface area (Å²) in [5.41, 5.74) is 5.61. The van der Waals surface area contributed by atoms with Gasteiger partial charge in [0.2, 0.25) is 0 Å². The Labute approximate surface area is 116 Å². The summed E-state index contributed by atoms with van der Waals surface area (Å²) in [7, 11) is 2.17. The van der Waals surface area contributed by atoms with Crippen LogP contribution in [0.25, 0.3) is 0 Å². The molecule has 3 atom stereocenters. The molecule has 1 saturated carbocycles. The zero-order chi connectivity index (χ0) is 13.7. The van der Waals surface area contributed by atoms with Gasteiger partial charge in [-0.3, -0.25) is 0 Å². The first-order valence-electron chi connectivity index (χ1n) is 7.60. The van der Waals surface area contributed by atoms with Gasteiger partial charge in [-0.15, -0.1) is 0 Å². The monoisotopic (exact) mass is 265 g/mol. The lowest BCUT2D eigenvalue weighted by atomic mass is 9.87. The van der Waals surface area contributed by atoms with E-state index in [9.17, 15) is 5.26 Å². The number of ether oxygens (including phenoxy) is 1. The fourth-order valence-electron chi connectivity index (χ4n) is 3.51. The fraction of sp³-hybridized carbons (Fsp3) is 0.933. The Morgan fingerprint density at radius 2 is 2.26 bits per heavy atom. The van der Waals surface area contributed by atoms with E-state index in [1.165, 1.54) is 12.8 Å². The zero-order valence-corrected chi connectivity index (χ0v) is 12.1. The molecule has 4 nitrogen and oxygen atoms in total. The van der Waals surface area contributed by atoms with Crippen molar-refractivity contribution in [1.29, 1.82) is 5.26 Å². The maximum absolute atomic E-state index is 9.22. The normalized spacial score (nSPS) is 35.5. The van der Waals surface area contributed by atoms with E-state index < -0.39 is 5.54 Å². The third kappa shape index (κ3) is 3.92. The minimum Gasteiger partial charge on any atom is -0.381 e. The van der Waals surface area contributed by atoms with E-state index >= 15 is 0 Å². The number of rotatable bonds is 5. The standard InChI is InChI=1S/C15H27N3O/c1-18(10-13-4-3-9-19-11-13)8-6-14-5-2-7-15(14,17)12-16/h13-14H,2-11,17H2,1H3. The summed E-state index contributed by atoms with van der Waals surface area (Å²) in [4.78, 5) is 2.38. The molecule has 2 aliphatic rings. The minimum absolute atomic E-state index is 0.377. The van der Waals surface area contributed by atoms with Crippen LogP contribution in [-0.2, 0) is 4.74 Å². The SMILES string of the molecule is CN(CCC1CCCC1(N)C#N)CC1CCCOC1. The Balaban J connectivity index is 1.71. The second-order valence-corrected chi connectivity index (χ2v) is 6.38. The van der Waals surface area contributed by atoms with E-state index in [0.717, 1.165) is 52.0 Å². The summed E-state index contributed by atoms with van der Waals surface area (Å²) in [6.07, 6.45) is 6.62. The first kappa shape index (κ1) is 14.8. The number of hydrogen-bond acceptors (Lipinski definition) is 4. The largest absolute Gasteiger partial charge is 0.381 e. The molecule has 0 radical (unpaired) electrons. The molecule has 1 saturated heterocycles. The van der Waals surface area contributed by atoms with E-state index in [-0.39, 0.29) is 0 Å². The molecule has 108 valence electrons. The van der Waals surface area contributed by atoms with Crippen LogP contribution in [0, 0.1) is 23.2 Å². The Hall–Kier alpha value is -0.630. The Morgan fingerprint density at radius 3 is 2.95 bits per heavy atom. The highest BCUT2D eigenvalue weighted by molar-refractivity contribution is 5.11. The third-order valence-electron chi connectivity index (χ3n) is 4.76. The quantitative estimate of drug-likeness (QED) is 0.822. The van der Waals surface area contributed by atoms with Gasteiger partial charge in [0.1, 0.15) is 5.54 Å². The molecule has 2 N–H and O–H groups in total. The van der Waals surface area contributed by atoms with Crippen molar-refractivity contribution in [2.45, 2.75) is 44.1 Å². The predicted molar refractivity (Wildman–Crippen MR) is 75.5 cm³/mol. The highest BCUT2D eigenvalue weighted by Gasteiger charge is 2.39. The van der Waals surface area contributed by atoms with Gasteiger partial charge in [-0.05, 0) is 57.5 Å². The molecule has 0 bridgehead atoms. The van der Waals surface area contributed by atoms with Crippen LogP contribution in [0.4, 0.5) is 0 Å². The topological polar surface area (TPSA) is 62.3 Å². The summed E-state index contributed by atoms with van der Waals surface area (Å²) in [5, 5.41) is 9.22. The molecule has 1 aliphatic carbocycles. The average Bonchev–Trinajstić information content (AvgIpc) is 2.80. The van der Waals surface area contributed by atoms with Gasteiger partial charge >= 0.3 is 0 Å². The zero-order valence-electron chi connectivity index (χ0n) is 12.1. The summed E-state index contributed by atoms with van der Waals surface area (Å²) in [5.74, 6) is 1.06. The van der Waals surface area contributed by atoms with E-state index in [1.54, 1.807) is 0 Å². The lowest BCUT2D eigenvalue weighted by Gasteiger charge is -2.29. The van der Waals surface area contributed by atoms with Crippen LogP contribution in [0.1, 0.15) is 38.5 Å². The number of nitrogens with two attached hydrogens (primary N) is 1. The second-order valence-electron chi connectivity index (χ2n) is 6.38. The van der Waals surface area contributed by atoms with Crippen molar-refractivity contribution < 1.29 is 4.74 Å². The highest BCUT2D eigenvalue weighted by Crippen LogP contribution is 2.35. The third-order valence-corrected chi connectivity index (χ3v) is 4.76. The summed E-state index contributed by atoms with van der Waals surface area (Å²) < 4.78 is 5.52. The smallest absolute Gasteiger partial charge is 0.107 e. The van der Waals surface area contributed by atoms with Crippen LogP contribution in [0.3, 0.4) is 0 Å². The molecule has 2 fully saturated rings. The molecule has 0 aromatic carbocycles. The van der Waals surface area contributed by atoms with Gasteiger partial charge in [0.25, 0.3) is 0 Å². The van der Waals surface area contributed by atoms with E-state index in [4.69, 9.17) is 10.5 Å². The van der Waals surface area contributed by atoms with Crippen LogP contribution in [0.15, 0.2) is 0 Å². The molecule has 0 aromatic heterocycles. The Morgan fingerprint density at radius 1 is 1.42 bits per heavy atom. The van der Waals surface area contributed by atoms with Crippen molar-refractivity contribution >= 4 is 0 Å². The van der Waals surface area contributed by atoms with Crippen molar-refractivity contribution in [1.82, 2.24) is 4.90 Å². The summed E-state index contributed by atoms with van der Waals surface area (Å²) >= 11 is 0. The van der Waals surface area contributed by atoms with Crippen LogP contribution >= 0.6 is 0 Å². The molecule has 0 spiro atoms. The summed E-state index contributed by atoms with van der Waals surface area (Å²) in [6.45, 7) is 3.99. The van der Waals surface area contributed by atoms with Crippen molar-refractivity contribution in [2.24, 2.45) is 17.6 Å². The van der Waals surface area contributed by atoms with Crippen LogP contribution < -0.4 is 5.73 Å². The number of nitriles is 1. The van der Waals surface area contributed by atoms with Crippen molar-refractivity contribution in [2.75, 3.05) is 33.4 Å². The minimum atomic E-state index is -0.561. The highest BCUT2D eigenvalue weighted by atomic mass is 16.5. The van der Waals surface area contributed by atoms with Crippen LogP contribution in [-0.4, -0.2) is 43.8 Å². The first-order chi connectivity index (χ1) is 9.14. The predicted octanol–water partition coefficient (Wildman–Crippen LogP) is 1.76. The van der Waals surface area contributed by atoms with E-state index in [1.807, 2.05) is 0 Å². The Bertz CT molecular complexity index is 322. The molecule has 19 heavy (non-hydrogen) atoms. The van der Waals surface area contributed by atoms with Gasteiger partial charge in [0.15, 0.2) is 0 Å². The van der Waals surface area contributed by atoms with E-state index in [2.05, 4.69) is 18.0 Å². The van der Waals surface area contributed by atoms with Gasteiger partial charge in [0, 0.05) is 13.2 Å². The maximum Gasteiger partial charge on any atom is 0.107 e. The van der Waals surface area contributed by atoms with Gasteiger partial charge in [-0.25, -0.2) is 0 Å². The maximum atomic E-state index is 9.22. The van der Waals surface area contributed by atoms with Crippen molar-refractivity contribution in [3.05, 3.63) is 0 Å². The molecule has 0 amide bonds. The average molecular weight is 265 g/mol. The van der Waals surface area contributed by atoms with Gasteiger partial charge in [-0.1, -0.05) is 6.42 Å². The van der Waals surface area contributed by atoms with E-state index in [0.29, 0.717) is 11.8 Å². The molecule has 1 heterocycles. The van der Waals surface area contributed by atoms with Gasteiger partial charge in [-0.2, -0.15) is 5.26 Å².